The van der Waals surface area contributed by atoms with Crippen LogP contribution in [0.5, 0.6) is 0 Å². The van der Waals surface area contributed by atoms with Crippen molar-refractivity contribution in [2.24, 2.45) is 11.3 Å². The van der Waals surface area contributed by atoms with Crippen LogP contribution in [0.15, 0.2) is 4.79 Å². The molecule has 0 amide bonds. The number of ether oxygens (including phenoxy) is 1. The van der Waals surface area contributed by atoms with Gasteiger partial charge in [-0.25, -0.2) is 4.98 Å². The minimum atomic E-state index is -0.335. The van der Waals surface area contributed by atoms with E-state index in [-0.39, 0.29) is 24.2 Å². The highest BCUT2D eigenvalue weighted by Gasteiger charge is 2.31. The summed E-state index contributed by atoms with van der Waals surface area (Å²) in [7, 11) is 0. The monoisotopic (exact) mass is 461 g/mol. The van der Waals surface area contributed by atoms with E-state index in [0.717, 1.165) is 54.0 Å². The number of nitrogens with zero attached hydrogens (tertiary/aromatic N) is 3. The smallest absolute Gasteiger partial charge is 0.326 e. The first kappa shape index (κ1) is 24.9. The molecule has 0 saturated heterocycles. The number of carbonyl (C=O) groups excluding carboxylic acids is 1. The van der Waals surface area contributed by atoms with E-state index >= 15 is 0 Å². The molecule has 2 aromatic rings. The Morgan fingerprint density at radius 1 is 1.16 bits per heavy atom. The molecular weight excluding hydrogens is 422 g/mol. The summed E-state index contributed by atoms with van der Waals surface area (Å²) in [4.78, 5) is 35.2. The molecule has 0 spiro atoms. The number of aromatic nitrogens is 2. The summed E-state index contributed by atoms with van der Waals surface area (Å²) in [6.45, 7) is 17.2. The summed E-state index contributed by atoms with van der Waals surface area (Å²) in [6.07, 6.45) is 3.90. The fourth-order valence-electron chi connectivity index (χ4n) is 4.70. The molecule has 0 radical (unpaired) electrons. The van der Waals surface area contributed by atoms with Crippen molar-refractivity contribution in [3.63, 3.8) is 0 Å². The Morgan fingerprint density at radius 2 is 1.78 bits per heavy atom. The van der Waals surface area contributed by atoms with Crippen molar-refractivity contribution in [1.82, 2.24) is 14.5 Å². The SMILES string of the molecule is CCN(CC)Cc1nc2sc(C)c(C)c2c(=O)n1CC(=O)OC1CCC(C(C)(C)C)CC1. The molecule has 0 N–H and O–H groups in total. The summed E-state index contributed by atoms with van der Waals surface area (Å²) < 4.78 is 7.38. The summed E-state index contributed by atoms with van der Waals surface area (Å²) in [5, 5.41) is 0.634. The number of hydrogen-bond acceptors (Lipinski definition) is 6. The maximum atomic E-state index is 13.4. The molecule has 178 valence electrons. The lowest BCUT2D eigenvalue weighted by atomic mass is 9.72. The van der Waals surface area contributed by atoms with E-state index in [2.05, 4.69) is 39.5 Å². The van der Waals surface area contributed by atoms with E-state index < -0.39 is 0 Å². The Balaban J connectivity index is 1.82. The number of esters is 1. The molecule has 0 atom stereocenters. The highest BCUT2D eigenvalue weighted by atomic mass is 32.1. The highest BCUT2D eigenvalue weighted by molar-refractivity contribution is 7.18. The van der Waals surface area contributed by atoms with Crippen molar-refractivity contribution in [3.05, 3.63) is 26.6 Å². The molecule has 2 heterocycles. The highest BCUT2D eigenvalue weighted by Crippen LogP contribution is 2.38. The van der Waals surface area contributed by atoms with E-state index in [9.17, 15) is 9.59 Å². The predicted octanol–water partition coefficient (Wildman–Crippen LogP) is 5.06. The third-order valence-corrected chi connectivity index (χ3v) is 8.21. The normalized spacial score (nSPS) is 19.6. The topological polar surface area (TPSA) is 64.4 Å². The number of carbonyl (C=O) groups is 1. The quantitative estimate of drug-likeness (QED) is 0.539. The second-order valence-corrected chi connectivity index (χ2v) is 11.4. The van der Waals surface area contributed by atoms with Crippen LogP contribution in [0.25, 0.3) is 10.2 Å². The third kappa shape index (κ3) is 5.42. The molecule has 2 aromatic heterocycles. The summed E-state index contributed by atoms with van der Waals surface area (Å²) in [6, 6.07) is 0. The van der Waals surface area contributed by atoms with Crippen LogP contribution < -0.4 is 5.56 Å². The molecule has 1 fully saturated rings. The zero-order chi connectivity index (χ0) is 23.6. The van der Waals surface area contributed by atoms with Gasteiger partial charge in [-0.1, -0.05) is 34.6 Å². The van der Waals surface area contributed by atoms with E-state index in [1.165, 1.54) is 0 Å². The van der Waals surface area contributed by atoms with Gasteiger partial charge in [-0.2, -0.15) is 0 Å². The molecule has 0 aromatic carbocycles. The molecular formula is C25H39N3O3S. The fraction of sp³-hybridized carbons (Fsp3) is 0.720. The van der Waals surface area contributed by atoms with Gasteiger partial charge in [0.2, 0.25) is 0 Å². The van der Waals surface area contributed by atoms with Crippen molar-refractivity contribution in [2.45, 2.75) is 93.3 Å². The second-order valence-electron chi connectivity index (χ2n) is 10.2. The summed E-state index contributed by atoms with van der Waals surface area (Å²) in [5.41, 5.74) is 1.12. The zero-order valence-corrected chi connectivity index (χ0v) is 21.6. The van der Waals surface area contributed by atoms with Gasteiger partial charge in [0, 0.05) is 4.88 Å². The minimum absolute atomic E-state index is 0.0511. The first-order valence-corrected chi connectivity index (χ1v) is 12.8. The molecule has 1 saturated carbocycles. The maximum Gasteiger partial charge on any atom is 0.326 e. The molecule has 1 aliphatic rings. The molecule has 1 aliphatic carbocycles. The van der Waals surface area contributed by atoms with Gasteiger partial charge in [-0.15, -0.1) is 11.3 Å². The molecule has 0 bridgehead atoms. The molecule has 0 unspecified atom stereocenters. The summed E-state index contributed by atoms with van der Waals surface area (Å²) >= 11 is 1.55. The lowest BCUT2D eigenvalue weighted by molar-refractivity contribution is -0.152. The lowest BCUT2D eigenvalue weighted by Crippen LogP contribution is -2.35. The van der Waals surface area contributed by atoms with Gasteiger partial charge in [0.05, 0.1) is 11.9 Å². The molecule has 3 rings (SSSR count). The van der Waals surface area contributed by atoms with Crippen molar-refractivity contribution in [3.8, 4) is 0 Å². The largest absolute Gasteiger partial charge is 0.461 e. The fourth-order valence-corrected chi connectivity index (χ4v) is 5.74. The van der Waals surface area contributed by atoms with Gasteiger partial charge >= 0.3 is 5.97 Å². The van der Waals surface area contributed by atoms with E-state index in [1.807, 2.05) is 13.8 Å². The van der Waals surface area contributed by atoms with Gasteiger partial charge in [0.1, 0.15) is 23.3 Å². The first-order valence-electron chi connectivity index (χ1n) is 12.0. The van der Waals surface area contributed by atoms with Gasteiger partial charge in [-0.05, 0) is 69.5 Å². The maximum absolute atomic E-state index is 13.4. The molecule has 7 heteroatoms. The molecule has 6 nitrogen and oxygen atoms in total. The Hall–Kier alpha value is -1.73. The average molecular weight is 462 g/mol. The third-order valence-electron chi connectivity index (χ3n) is 7.11. The van der Waals surface area contributed by atoms with Gasteiger partial charge in [0.25, 0.3) is 5.56 Å². The van der Waals surface area contributed by atoms with Gasteiger partial charge in [-0.3, -0.25) is 19.1 Å². The average Bonchev–Trinajstić information content (AvgIpc) is 3.02. The molecule has 32 heavy (non-hydrogen) atoms. The van der Waals surface area contributed by atoms with Crippen molar-refractivity contribution < 1.29 is 9.53 Å². The van der Waals surface area contributed by atoms with Crippen molar-refractivity contribution in [2.75, 3.05) is 13.1 Å². The standard InChI is InChI=1S/C25H39N3O3S/c1-8-27(9-2)14-20-26-23-22(16(3)17(4)32-23)24(30)28(20)15-21(29)31-19-12-10-18(11-13-19)25(5,6)7/h18-19H,8-15H2,1-7H3. The van der Waals surface area contributed by atoms with Crippen LogP contribution in [0.4, 0.5) is 0 Å². The number of rotatable bonds is 7. The number of fused-ring (bicyclic) bond motifs is 1. The van der Waals surface area contributed by atoms with Gasteiger partial charge < -0.3 is 4.74 Å². The summed E-state index contributed by atoms with van der Waals surface area (Å²) in [5.74, 6) is 0.968. The molecule has 0 aliphatic heterocycles. The lowest BCUT2D eigenvalue weighted by Gasteiger charge is -2.36. The van der Waals surface area contributed by atoms with Crippen LogP contribution in [-0.4, -0.2) is 39.6 Å². The van der Waals surface area contributed by atoms with E-state index in [0.29, 0.717) is 29.1 Å². The Labute approximate surface area is 196 Å². The van der Waals surface area contributed by atoms with Crippen molar-refractivity contribution >= 4 is 27.5 Å². The van der Waals surface area contributed by atoms with Crippen molar-refractivity contribution in [1.29, 1.82) is 0 Å². The van der Waals surface area contributed by atoms with Crippen LogP contribution in [-0.2, 0) is 22.6 Å². The second kappa shape index (κ2) is 10.0. The number of hydrogen-bond donors (Lipinski definition) is 0. The van der Waals surface area contributed by atoms with Crippen LogP contribution in [0.3, 0.4) is 0 Å². The zero-order valence-electron chi connectivity index (χ0n) is 20.8. The Kier molecular flexibility index (Phi) is 7.81. The van der Waals surface area contributed by atoms with Crippen LogP contribution >= 0.6 is 11.3 Å². The van der Waals surface area contributed by atoms with E-state index in [4.69, 9.17) is 9.72 Å². The number of aryl methyl sites for hydroxylation is 2. The van der Waals surface area contributed by atoms with Crippen LogP contribution in [0.1, 0.15) is 76.6 Å². The number of thiophene rings is 1. The first-order chi connectivity index (χ1) is 15.0. The van der Waals surface area contributed by atoms with Crippen LogP contribution in [0, 0.1) is 25.2 Å². The van der Waals surface area contributed by atoms with E-state index in [1.54, 1.807) is 15.9 Å². The van der Waals surface area contributed by atoms with Crippen LogP contribution in [0.2, 0.25) is 0 Å². The predicted molar refractivity (Wildman–Crippen MR) is 131 cm³/mol. The minimum Gasteiger partial charge on any atom is -0.461 e. The Bertz CT molecular complexity index is 1010. The Morgan fingerprint density at radius 3 is 2.34 bits per heavy atom. The van der Waals surface area contributed by atoms with Gasteiger partial charge in [0.15, 0.2) is 0 Å².